The number of thiazole rings is 1. The number of aromatic nitrogens is 1. The van der Waals surface area contributed by atoms with Gasteiger partial charge in [-0.25, -0.2) is 4.98 Å². The molecule has 1 aromatic carbocycles. The number of phenols is 1. The second-order valence-corrected chi connectivity index (χ2v) is 13.2. The van der Waals surface area contributed by atoms with E-state index in [9.17, 15) is 15.0 Å². The molecular formula is C30H42N2O3S. The molecule has 0 saturated heterocycles. The number of nitrogens with zero attached hydrogens (tertiary/aromatic N) is 1. The fourth-order valence-corrected chi connectivity index (χ4v) is 8.96. The van der Waals surface area contributed by atoms with Crippen molar-refractivity contribution in [2.45, 2.75) is 103 Å². The molecular weight excluding hydrogens is 468 g/mol. The fourth-order valence-electron chi connectivity index (χ4n) is 8.28. The highest BCUT2D eigenvalue weighted by Crippen LogP contribution is 2.67. The fraction of sp³-hybridized carbons (Fsp3) is 0.667. The van der Waals surface area contributed by atoms with Crippen LogP contribution in [0.5, 0.6) is 5.75 Å². The lowest BCUT2D eigenvalue weighted by atomic mass is 9.51. The molecule has 2 saturated carbocycles. The molecule has 5 nitrogen and oxygen atoms in total. The first kappa shape index (κ1) is 25.7. The number of amides is 1. The normalized spacial score (nSPS) is 33.0. The Hall–Kier alpha value is -1.92. The molecule has 3 unspecified atom stereocenters. The molecule has 3 aliphatic rings. The van der Waals surface area contributed by atoms with Gasteiger partial charge in [0.25, 0.3) is 0 Å². The van der Waals surface area contributed by atoms with E-state index >= 15 is 0 Å². The molecule has 0 radical (unpaired) electrons. The van der Waals surface area contributed by atoms with Crippen LogP contribution in [-0.2, 0) is 11.2 Å². The first-order valence-electron chi connectivity index (χ1n) is 14.0. The molecule has 1 amide bonds. The highest BCUT2D eigenvalue weighted by Gasteiger charge is 2.64. The molecule has 0 spiro atoms. The summed E-state index contributed by atoms with van der Waals surface area (Å²) in [7, 11) is 0. The first-order chi connectivity index (χ1) is 17.2. The predicted octanol–water partition coefficient (Wildman–Crippen LogP) is 6.97. The van der Waals surface area contributed by atoms with E-state index in [1.807, 2.05) is 19.1 Å². The van der Waals surface area contributed by atoms with Gasteiger partial charge in [-0.05, 0) is 111 Å². The quantitative estimate of drug-likeness (QED) is 0.358. The number of hydrogen-bond donors (Lipinski definition) is 3. The molecule has 3 aliphatic carbocycles. The molecule has 1 heterocycles. The van der Waals surface area contributed by atoms with Gasteiger partial charge in [0.2, 0.25) is 5.91 Å². The van der Waals surface area contributed by atoms with Gasteiger partial charge in [0.15, 0.2) is 5.13 Å². The van der Waals surface area contributed by atoms with Crippen LogP contribution >= 0.6 is 11.3 Å². The summed E-state index contributed by atoms with van der Waals surface area (Å²) in [6, 6.07) is 5.97. The van der Waals surface area contributed by atoms with Crippen molar-refractivity contribution in [1.82, 2.24) is 4.98 Å². The topological polar surface area (TPSA) is 82.5 Å². The summed E-state index contributed by atoms with van der Waals surface area (Å²) >= 11 is 1.51. The van der Waals surface area contributed by atoms with Gasteiger partial charge in [0.05, 0.1) is 5.60 Å². The summed E-state index contributed by atoms with van der Waals surface area (Å²) in [6.07, 6.45) is 12.4. The van der Waals surface area contributed by atoms with E-state index < -0.39 is 5.60 Å². The molecule has 1 aromatic heterocycles. The maximum Gasteiger partial charge on any atom is 0.226 e. The van der Waals surface area contributed by atoms with E-state index in [-0.39, 0.29) is 11.3 Å². The molecule has 0 aliphatic heterocycles. The lowest BCUT2D eigenvalue weighted by Gasteiger charge is -2.54. The average molecular weight is 511 g/mol. The minimum atomic E-state index is -0.612. The van der Waals surface area contributed by atoms with Crippen molar-refractivity contribution >= 4 is 22.4 Å². The number of aliphatic hydroxyl groups is 1. The zero-order chi connectivity index (χ0) is 25.5. The summed E-state index contributed by atoms with van der Waals surface area (Å²) in [5.74, 6) is 2.41. The van der Waals surface area contributed by atoms with Gasteiger partial charge < -0.3 is 15.5 Å². The van der Waals surface area contributed by atoms with Gasteiger partial charge in [0, 0.05) is 17.5 Å². The third-order valence-electron chi connectivity index (χ3n) is 9.92. The van der Waals surface area contributed by atoms with Crippen LogP contribution in [0.25, 0.3) is 0 Å². The van der Waals surface area contributed by atoms with Crippen molar-refractivity contribution in [2.24, 2.45) is 23.2 Å². The minimum Gasteiger partial charge on any atom is -0.508 e. The predicted molar refractivity (Wildman–Crippen MR) is 145 cm³/mol. The van der Waals surface area contributed by atoms with Crippen LogP contribution in [0.4, 0.5) is 5.13 Å². The van der Waals surface area contributed by atoms with Crippen LogP contribution in [0.3, 0.4) is 0 Å². The number of unbranched alkanes of at least 4 members (excludes halogenated alkanes) is 1. The van der Waals surface area contributed by atoms with Crippen LogP contribution in [0.15, 0.2) is 24.4 Å². The summed E-state index contributed by atoms with van der Waals surface area (Å²) in [6.45, 7) is 6.59. The van der Waals surface area contributed by atoms with Crippen LogP contribution in [0.1, 0.15) is 100.0 Å². The summed E-state index contributed by atoms with van der Waals surface area (Å²) in [4.78, 5) is 17.9. The number of anilines is 1. The molecule has 6 atom stereocenters. The third kappa shape index (κ3) is 4.60. The standard InChI is InChI=1S/C30H42N2O3S/c1-4-5-14-30(35)17-21(7-6-8-26(34)32-28-31-18-19(2)36-28)27-25-11-9-20-16-22(33)10-12-23(20)24(25)13-15-29(27,30)3/h10,12,16,18,21,24-25,27,33,35H,4-9,11,13-15,17H2,1-3H3,(H,31,32,34)/t21-,24?,25?,27?,29+,30+/m1/s1. The number of carbonyl (C=O) groups is 1. The first-order valence-corrected chi connectivity index (χ1v) is 14.8. The average Bonchev–Trinajstić information content (AvgIpc) is 3.35. The van der Waals surface area contributed by atoms with E-state index in [0.29, 0.717) is 41.0 Å². The largest absolute Gasteiger partial charge is 0.508 e. The Labute approximate surface area is 219 Å². The number of phenolic OH excluding ortho intramolecular Hbond substituents is 1. The van der Waals surface area contributed by atoms with Crippen molar-refractivity contribution in [3.63, 3.8) is 0 Å². The van der Waals surface area contributed by atoms with Crippen molar-refractivity contribution in [2.75, 3.05) is 5.32 Å². The van der Waals surface area contributed by atoms with Gasteiger partial charge in [0.1, 0.15) is 5.75 Å². The summed E-state index contributed by atoms with van der Waals surface area (Å²) < 4.78 is 0. The van der Waals surface area contributed by atoms with Crippen molar-refractivity contribution in [3.8, 4) is 5.75 Å². The molecule has 2 aromatic rings. The lowest BCUT2D eigenvalue weighted by Crippen LogP contribution is -2.51. The minimum absolute atomic E-state index is 0.0410. The molecule has 36 heavy (non-hydrogen) atoms. The van der Waals surface area contributed by atoms with Gasteiger partial charge in [-0.15, -0.1) is 11.3 Å². The van der Waals surface area contributed by atoms with Crippen LogP contribution < -0.4 is 5.32 Å². The Morgan fingerprint density at radius 1 is 1.28 bits per heavy atom. The Morgan fingerprint density at radius 2 is 2.11 bits per heavy atom. The van der Waals surface area contributed by atoms with E-state index in [0.717, 1.165) is 69.1 Å². The Balaban J connectivity index is 1.34. The monoisotopic (exact) mass is 510 g/mol. The van der Waals surface area contributed by atoms with Crippen molar-refractivity contribution in [3.05, 3.63) is 40.4 Å². The molecule has 6 heteroatoms. The molecule has 3 N–H and O–H groups in total. The lowest BCUT2D eigenvalue weighted by molar-refractivity contribution is -0.116. The second-order valence-electron chi connectivity index (χ2n) is 12.0. The van der Waals surface area contributed by atoms with Crippen LogP contribution in [0.2, 0.25) is 0 Å². The van der Waals surface area contributed by atoms with Crippen molar-refractivity contribution in [1.29, 1.82) is 0 Å². The number of hydrogen-bond acceptors (Lipinski definition) is 5. The molecule has 0 bridgehead atoms. The summed E-state index contributed by atoms with van der Waals surface area (Å²) in [5.41, 5.74) is 2.05. The third-order valence-corrected chi connectivity index (χ3v) is 10.8. The second kappa shape index (κ2) is 10.1. The van der Waals surface area contributed by atoms with E-state index in [4.69, 9.17) is 0 Å². The Morgan fingerprint density at radius 3 is 2.86 bits per heavy atom. The number of aromatic hydroxyl groups is 1. The SMILES string of the molecule is CCCC[C@]1(O)C[C@@H](CCCC(=O)Nc2ncc(C)s2)C2C3CCc4cc(O)ccc4C3CC[C@@]21C. The van der Waals surface area contributed by atoms with Crippen molar-refractivity contribution < 1.29 is 15.0 Å². The number of aryl methyl sites for hydroxylation is 2. The van der Waals surface area contributed by atoms with Gasteiger partial charge in [-0.1, -0.05) is 32.8 Å². The molecule has 5 rings (SSSR count). The smallest absolute Gasteiger partial charge is 0.226 e. The van der Waals surface area contributed by atoms with E-state index in [1.165, 1.54) is 22.5 Å². The highest BCUT2D eigenvalue weighted by molar-refractivity contribution is 7.15. The highest BCUT2D eigenvalue weighted by atomic mass is 32.1. The molecule has 196 valence electrons. The Bertz CT molecular complexity index is 1100. The Kier molecular flexibility index (Phi) is 7.21. The van der Waals surface area contributed by atoms with E-state index in [2.05, 4.69) is 30.2 Å². The number of benzene rings is 1. The van der Waals surface area contributed by atoms with Gasteiger partial charge in [-0.3, -0.25) is 4.79 Å². The molecule has 2 fully saturated rings. The zero-order valence-corrected chi connectivity index (χ0v) is 22.9. The number of fused-ring (bicyclic) bond motifs is 5. The summed E-state index contributed by atoms with van der Waals surface area (Å²) in [5, 5.41) is 25.8. The zero-order valence-electron chi connectivity index (χ0n) is 22.1. The van der Waals surface area contributed by atoms with Crippen LogP contribution in [-0.4, -0.2) is 26.7 Å². The number of rotatable bonds is 8. The van der Waals surface area contributed by atoms with Gasteiger partial charge in [-0.2, -0.15) is 0 Å². The maximum atomic E-state index is 12.6. The van der Waals surface area contributed by atoms with Gasteiger partial charge >= 0.3 is 0 Å². The van der Waals surface area contributed by atoms with Crippen LogP contribution in [0, 0.1) is 30.1 Å². The number of carbonyl (C=O) groups excluding carboxylic acids is 1. The number of nitrogens with one attached hydrogen (secondary N) is 1. The maximum absolute atomic E-state index is 12.6. The van der Waals surface area contributed by atoms with E-state index in [1.54, 1.807) is 6.20 Å².